The Morgan fingerprint density at radius 2 is 1.89 bits per heavy atom. The van der Waals surface area contributed by atoms with Crippen LogP contribution in [0.4, 0.5) is 0 Å². The molecule has 0 saturated heterocycles. The van der Waals surface area contributed by atoms with Gasteiger partial charge in [0.05, 0.1) is 6.61 Å². The zero-order valence-corrected chi connectivity index (χ0v) is 11.7. The lowest BCUT2D eigenvalue weighted by Gasteiger charge is -2.14. The van der Waals surface area contributed by atoms with Crippen LogP contribution in [-0.2, 0) is 4.74 Å². The van der Waals surface area contributed by atoms with Gasteiger partial charge in [-0.2, -0.15) is 0 Å². The Labute approximate surface area is 111 Å². The van der Waals surface area contributed by atoms with Gasteiger partial charge in [-0.15, -0.1) is 0 Å². The average Bonchev–Trinajstić information content (AvgIpc) is 3.12. The van der Waals surface area contributed by atoms with E-state index in [-0.39, 0.29) is 5.41 Å². The van der Waals surface area contributed by atoms with E-state index in [1.807, 2.05) is 0 Å². The lowest BCUT2D eigenvalue weighted by molar-refractivity contribution is 0.0890. The number of nitrogens with two attached hydrogens (primary N) is 1. The Hall–Kier alpha value is -0.770. The maximum atomic E-state index is 8.56. The molecule has 0 radical (unpaired) electrons. The normalized spacial score (nSPS) is 17.9. The Kier molecular flexibility index (Phi) is 7.09. The molecule has 1 saturated carbocycles. The van der Waals surface area contributed by atoms with Crippen LogP contribution in [0.15, 0.2) is 5.16 Å². The SMILES string of the molecule is CCCCCCCCOCC1(CC(N)=NO)CC1. The van der Waals surface area contributed by atoms with Crippen molar-refractivity contribution in [3.05, 3.63) is 0 Å². The number of nitrogens with zero attached hydrogens (tertiary/aromatic N) is 1. The molecule has 0 spiro atoms. The topological polar surface area (TPSA) is 67.8 Å². The van der Waals surface area contributed by atoms with E-state index in [9.17, 15) is 0 Å². The quantitative estimate of drug-likeness (QED) is 0.196. The van der Waals surface area contributed by atoms with Crippen molar-refractivity contribution < 1.29 is 9.94 Å². The van der Waals surface area contributed by atoms with Crippen LogP contribution >= 0.6 is 0 Å². The summed E-state index contributed by atoms with van der Waals surface area (Å²) in [5, 5.41) is 11.6. The van der Waals surface area contributed by atoms with Gasteiger partial charge in [-0.25, -0.2) is 0 Å². The van der Waals surface area contributed by atoms with Crippen molar-refractivity contribution in [1.82, 2.24) is 0 Å². The summed E-state index contributed by atoms with van der Waals surface area (Å²) < 4.78 is 5.72. The molecule has 0 bridgehead atoms. The highest BCUT2D eigenvalue weighted by atomic mass is 16.5. The summed E-state index contributed by atoms with van der Waals surface area (Å²) in [6, 6.07) is 0. The van der Waals surface area contributed by atoms with E-state index in [1.54, 1.807) is 0 Å². The molecule has 4 heteroatoms. The van der Waals surface area contributed by atoms with Crippen molar-refractivity contribution in [3.8, 4) is 0 Å². The highest BCUT2D eigenvalue weighted by molar-refractivity contribution is 5.80. The molecule has 3 N–H and O–H groups in total. The Bertz CT molecular complexity index is 250. The van der Waals surface area contributed by atoms with Crippen LogP contribution in [0.1, 0.15) is 64.7 Å². The fraction of sp³-hybridized carbons (Fsp3) is 0.929. The van der Waals surface area contributed by atoms with Crippen molar-refractivity contribution in [3.63, 3.8) is 0 Å². The van der Waals surface area contributed by atoms with Crippen LogP contribution < -0.4 is 5.73 Å². The van der Waals surface area contributed by atoms with E-state index in [0.717, 1.165) is 32.5 Å². The summed E-state index contributed by atoms with van der Waals surface area (Å²) in [7, 11) is 0. The molecule has 0 aromatic carbocycles. The maximum absolute atomic E-state index is 8.56. The van der Waals surface area contributed by atoms with Crippen LogP contribution in [0.25, 0.3) is 0 Å². The fourth-order valence-corrected chi connectivity index (χ4v) is 2.24. The molecule has 0 heterocycles. The summed E-state index contributed by atoms with van der Waals surface area (Å²) in [5.41, 5.74) is 5.72. The Balaban J connectivity index is 1.95. The predicted octanol–water partition coefficient (Wildman–Crippen LogP) is 3.28. The van der Waals surface area contributed by atoms with Gasteiger partial charge in [0, 0.05) is 18.4 Å². The molecule has 1 aliphatic rings. The molecule has 0 aliphatic heterocycles. The first-order valence-corrected chi connectivity index (χ1v) is 7.26. The second kappa shape index (κ2) is 8.35. The highest BCUT2D eigenvalue weighted by Crippen LogP contribution is 2.48. The van der Waals surface area contributed by atoms with Crippen molar-refractivity contribution in [2.24, 2.45) is 16.3 Å². The number of unbranched alkanes of at least 4 members (excludes halogenated alkanes) is 5. The molecular weight excluding hydrogens is 228 g/mol. The molecule has 0 aromatic rings. The molecule has 106 valence electrons. The summed E-state index contributed by atoms with van der Waals surface area (Å²) >= 11 is 0. The minimum Gasteiger partial charge on any atom is -0.409 e. The smallest absolute Gasteiger partial charge is 0.139 e. The molecule has 4 nitrogen and oxygen atoms in total. The molecular formula is C14H28N2O2. The van der Waals surface area contributed by atoms with Gasteiger partial charge in [0.15, 0.2) is 0 Å². The zero-order chi connectivity index (χ0) is 13.3. The van der Waals surface area contributed by atoms with Crippen molar-refractivity contribution in [2.45, 2.75) is 64.7 Å². The minimum absolute atomic E-state index is 0.179. The summed E-state index contributed by atoms with van der Waals surface area (Å²) in [6.07, 6.45) is 10.7. The van der Waals surface area contributed by atoms with E-state index >= 15 is 0 Å². The van der Waals surface area contributed by atoms with Gasteiger partial charge in [-0.05, 0) is 19.3 Å². The van der Waals surface area contributed by atoms with Crippen LogP contribution in [0.2, 0.25) is 0 Å². The van der Waals surface area contributed by atoms with Crippen LogP contribution in [0, 0.1) is 5.41 Å². The van der Waals surface area contributed by atoms with Gasteiger partial charge in [-0.3, -0.25) is 0 Å². The van der Waals surface area contributed by atoms with Crippen molar-refractivity contribution >= 4 is 5.84 Å². The summed E-state index contributed by atoms with van der Waals surface area (Å²) in [4.78, 5) is 0. The molecule has 0 aromatic heterocycles. The first-order valence-electron chi connectivity index (χ1n) is 7.26. The van der Waals surface area contributed by atoms with E-state index in [0.29, 0.717) is 12.3 Å². The predicted molar refractivity (Wildman–Crippen MR) is 73.9 cm³/mol. The summed E-state index contributed by atoms with van der Waals surface area (Å²) in [5.74, 6) is 0.329. The van der Waals surface area contributed by atoms with Crippen LogP contribution in [-0.4, -0.2) is 24.3 Å². The molecule has 0 amide bonds. The van der Waals surface area contributed by atoms with Crippen LogP contribution in [0.3, 0.4) is 0 Å². The third-order valence-electron chi connectivity index (χ3n) is 3.69. The number of rotatable bonds is 11. The van der Waals surface area contributed by atoms with Crippen LogP contribution in [0.5, 0.6) is 0 Å². The maximum Gasteiger partial charge on any atom is 0.139 e. The second-order valence-corrected chi connectivity index (χ2v) is 5.59. The number of ether oxygens (including phenoxy) is 1. The number of oxime groups is 1. The molecule has 18 heavy (non-hydrogen) atoms. The molecule has 1 fully saturated rings. The molecule has 0 unspecified atom stereocenters. The van der Waals surface area contributed by atoms with E-state index in [1.165, 1.54) is 32.1 Å². The van der Waals surface area contributed by atoms with Gasteiger partial charge in [-0.1, -0.05) is 44.2 Å². The summed E-state index contributed by atoms with van der Waals surface area (Å²) in [6.45, 7) is 3.85. The van der Waals surface area contributed by atoms with Gasteiger partial charge in [0.1, 0.15) is 5.84 Å². The number of hydrogen-bond acceptors (Lipinski definition) is 3. The van der Waals surface area contributed by atoms with Gasteiger partial charge < -0.3 is 15.7 Å². The minimum atomic E-state index is 0.179. The standard InChI is InChI=1S/C14H28N2O2/c1-2-3-4-5-6-7-10-18-12-14(8-9-14)11-13(15)16-17/h17H,2-12H2,1H3,(H2,15,16). The largest absolute Gasteiger partial charge is 0.409 e. The number of hydrogen-bond donors (Lipinski definition) is 2. The van der Waals surface area contributed by atoms with Gasteiger partial charge in [0.2, 0.25) is 0 Å². The van der Waals surface area contributed by atoms with E-state index in [2.05, 4.69) is 12.1 Å². The average molecular weight is 256 g/mol. The lowest BCUT2D eigenvalue weighted by atomic mass is 10.0. The van der Waals surface area contributed by atoms with Crippen molar-refractivity contribution in [2.75, 3.05) is 13.2 Å². The highest BCUT2D eigenvalue weighted by Gasteiger charge is 2.43. The molecule has 1 aliphatic carbocycles. The molecule has 0 atom stereocenters. The first-order chi connectivity index (χ1) is 8.72. The van der Waals surface area contributed by atoms with Gasteiger partial charge >= 0.3 is 0 Å². The van der Waals surface area contributed by atoms with Crippen molar-refractivity contribution in [1.29, 1.82) is 0 Å². The third-order valence-corrected chi connectivity index (χ3v) is 3.69. The van der Waals surface area contributed by atoms with Gasteiger partial charge in [0.25, 0.3) is 0 Å². The zero-order valence-electron chi connectivity index (χ0n) is 11.7. The van der Waals surface area contributed by atoms with E-state index in [4.69, 9.17) is 15.7 Å². The Morgan fingerprint density at radius 3 is 2.50 bits per heavy atom. The monoisotopic (exact) mass is 256 g/mol. The lowest BCUT2D eigenvalue weighted by Crippen LogP contribution is -2.21. The second-order valence-electron chi connectivity index (χ2n) is 5.59. The Morgan fingerprint density at radius 1 is 1.22 bits per heavy atom. The molecule has 1 rings (SSSR count). The van der Waals surface area contributed by atoms with E-state index < -0.39 is 0 Å². The number of amidine groups is 1. The first kappa shape index (κ1) is 15.3. The third kappa shape index (κ3) is 6.24. The fourth-order valence-electron chi connectivity index (χ4n) is 2.24.